The Morgan fingerprint density at radius 1 is 0.284 bits per heavy atom. The monoisotopic (exact) mass is 1030 g/mol. The van der Waals surface area contributed by atoms with E-state index in [9.17, 15) is 14.4 Å². The highest BCUT2D eigenvalue weighted by molar-refractivity contribution is 5.71. The van der Waals surface area contributed by atoms with E-state index in [2.05, 4.69) is 81.5 Å². The molecule has 0 bridgehead atoms. The van der Waals surface area contributed by atoms with Gasteiger partial charge in [0.15, 0.2) is 6.10 Å². The summed E-state index contributed by atoms with van der Waals surface area (Å²) >= 11 is 0. The first-order valence-corrected chi connectivity index (χ1v) is 32.3. The van der Waals surface area contributed by atoms with Gasteiger partial charge in [-0.25, -0.2) is 0 Å². The maximum atomic E-state index is 12.9. The van der Waals surface area contributed by atoms with Gasteiger partial charge >= 0.3 is 17.9 Å². The van der Waals surface area contributed by atoms with Crippen LogP contribution < -0.4 is 0 Å². The maximum Gasteiger partial charge on any atom is 0.306 e. The minimum Gasteiger partial charge on any atom is -0.462 e. The van der Waals surface area contributed by atoms with Gasteiger partial charge in [-0.2, -0.15) is 0 Å². The topological polar surface area (TPSA) is 78.9 Å². The number of allylic oxidation sites excluding steroid dienone is 10. The molecule has 0 aliphatic heterocycles. The summed E-state index contributed by atoms with van der Waals surface area (Å²) in [5.41, 5.74) is 0. The molecule has 0 N–H and O–H groups in total. The molecule has 0 saturated heterocycles. The van der Waals surface area contributed by atoms with Crippen LogP contribution in [0.4, 0.5) is 0 Å². The van der Waals surface area contributed by atoms with Crippen LogP contribution in [0.1, 0.15) is 335 Å². The Labute approximate surface area is 460 Å². The molecule has 0 aliphatic rings. The van der Waals surface area contributed by atoms with Crippen LogP contribution in [-0.2, 0) is 28.6 Å². The zero-order valence-electron chi connectivity index (χ0n) is 49.4. The summed E-state index contributed by atoms with van der Waals surface area (Å²) in [5, 5.41) is 0. The molecule has 0 aromatic heterocycles. The van der Waals surface area contributed by atoms with E-state index in [1.807, 2.05) is 0 Å². The zero-order valence-corrected chi connectivity index (χ0v) is 49.4. The number of rotatable bonds is 59. The fourth-order valence-corrected chi connectivity index (χ4v) is 9.47. The molecular weight excluding hydrogens is 913 g/mol. The molecule has 430 valence electrons. The van der Waals surface area contributed by atoms with E-state index in [1.54, 1.807) is 0 Å². The lowest BCUT2D eigenvalue weighted by atomic mass is 10.0. The van der Waals surface area contributed by atoms with E-state index >= 15 is 0 Å². The first-order valence-electron chi connectivity index (χ1n) is 32.3. The van der Waals surface area contributed by atoms with Gasteiger partial charge in [0, 0.05) is 19.3 Å². The molecule has 0 saturated carbocycles. The Morgan fingerprint density at radius 2 is 0.527 bits per heavy atom. The van der Waals surface area contributed by atoms with Crippen LogP contribution in [0.3, 0.4) is 0 Å². The van der Waals surface area contributed by atoms with Crippen LogP contribution in [0.2, 0.25) is 0 Å². The molecule has 0 aromatic rings. The van der Waals surface area contributed by atoms with Crippen molar-refractivity contribution in [1.29, 1.82) is 0 Å². The average molecular weight is 1040 g/mol. The van der Waals surface area contributed by atoms with E-state index in [0.29, 0.717) is 19.3 Å². The van der Waals surface area contributed by atoms with Crippen molar-refractivity contribution in [2.75, 3.05) is 13.2 Å². The summed E-state index contributed by atoms with van der Waals surface area (Å²) in [6.45, 7) is 6.56. The van der Waals surface area contributed by atoms with Crippen LogP contribution in [0.15, 0.2) is 60.8 Å². The quantitative estimate of drug-likeness (QED) is 0.0261. The van der Waals surface area contributed by atoms with Gasteiger partial charge in [0.05, 0.1) is 0 Å². The largest absolute Gasteiger partial charge is 0.462 e. The van der Waals surface area contributed by atoms with Crippen molar-refractivity contribution in [2.45, 2.75) is 341 Å². The third kappa shape index (κ3) is 60.0. The normalized spacial score (nSPS) is 12.4. The minimum absolute atomic E-state index is 0.0831. The number of hydrogen-bond acceptors (Lipinski definition) is 6. The molecule has 0 amide bonds. The highest BCUT2D eigenvalue weighted by atomic mass is 16.6. The van der Waals surface area contributed by atoms with Crippen molar-refractivity contribution in [3.8, 4) is 0 Å². The summed E-state index contributed by atoms with van der Waals surface area (Å²) < 4.78 is 16.9. The Balaban J connectivity index is 4.37. The molecule has 0 spiro atoms. The second kappa shape index (κ2) is 62.6. The summed E-state index contributed by atoms with van der Waals surface area (Å²) in [7, 11) is 0. The first kappa shape index (κ1) is 71.1. The van der Waals surface area contributed by atoms with E-state index in [1.165, 1.54) is 199 Å². The maximum absolute atomic E-state index is 12.9. The average Bonchev–Trinajstić information content (AvgIpc) is 3.40. The predicted octanol–water partition coefficient (Wildman–Crippen LogP) is 21.9. The molecule has 1 unspecified atom stereocenters. The van der Waals surface area contributed by atoms with Gasteiger partial charge in [0.25, 0.3) is 0 Å². The number of carbonyl (C=O) groups is 3. The first-order chi connectivity index (χ1) is 36.5. The molecule has 6 nitrogen and oxygen atoms in total. The number of esters is 3. The van der Waals surface area contributed by atoms with Crippen molar-refractivity contribution >= 4 is 17.9 Å². The molecule has 1 atom stereocenters. The summed E-state index contributed by atoms with van der Waals surface area (Å²) in [6.07, 6.45) is 79.4. The van der Waals surface area contributed by atoms with Crippen LogP contribution >= 0.6 is 0 Å². The summed E-state index contributed by atoms with van der Waals surface area (Å²) in [5.74, 6) is -0.894. The molecular formula is C68H122O6. The summed E-state index contributed by atoms with van der Waals surface area (Å²) in [4.78, 5) is 38.3. The predicted molar refractivity (Wildman–Crippen MR) is 321 cm³/mol. The van der Waals surface area contributed by atoms with Gasteiger partial charge in [0.1, 0.15) is 13.2 Å². The fourth-order valence-electron chi connectivity index (χ4n) is 9.47. The van der Waals surface area contributed by atoms with Crippen LogP contribution in [0.5, 0.6) is 0 Å². The van der Waals surface area contributed by atoms with E-state index in [4.69, 9.17) is 14.2 Å². The standard InChI is InChI=1S/C68H122O6/c1-4-7-10-13-16-19-22-25-28-31-33-34-36-37-40-43-46-49-52-55-58-61-67(70)73-64-65(63-72-66(69)60-57-54-51-48-45-42-39-30-27-24-21-18-15-12-9-6-3)74-68(71)62-59-56-53-50-47-44-41-38-35-32-29-26-23-20-17-14-11-8-5-2/h8,11,17,20,26,29,35,38,44,47,65H,4-7,9-10,12-16,18-19,21-25,27-28,30-34,36-37,39-43,45-46,48-64H2,1-3H3/b11-8-,20-17-,29-26-,38-35-,47-44-. The van der Waals surface area contributed by atoms with Gasteiger partial charge in [-0.1, -0.05) is 313 Å². The Hall–Kier alpha value is -2.89. The molecule has 0 rings (SSSR count). The third-order valence-electron chi connectivity index (χ3n) is 14.3. The van der Waals surface area contributed by atoms with Crippen LogP contribution in [-0.4, -0.2) is 37.2 Å². The van der Waals surface area contributed by atoms with Gasteiger partial charge in [-0.3, -0.25) is 14.4 Å². The molecule has 6 heteroatoms. The van der Waals surface area contributed by atoms with Crippen molar-refractivity contribution in [1.82, 2.24) is 0 Å². The van der Waals surface area contributed by atoms with Crippen molar-refractivity contribution in [3.63, 3.8) is 0 Å². The van der Waals surface area contributed by atoms with Gasteiger partial charge in [-0.15, -0.1) is 0 Å². The molecule has 0 fully saturated rings. The van der Waals surface area contributed by atoms with E-state index in [0.717, 1.165) is 96.3 Å². The van der Waals surface area contributed by atoms with Gasteiger partial charge in [0.2, 0.25) is 0 Å². The second-order valence-corrected chi connectivity index (χ2v) is 21.7. The van der Waals surface area contributed by atoms with E-state index < -0.39 is 6.10 Å². The Morgan fingerprint density at radius 3 is 0.824 bits per heavy atom. The van der Waals surface area contributed by atoms with Crippen molar-refractivity contribution in [2.24, 2.45) is 0 Å². The lowest BCUT2D eigenvalue weighted by molar-refractivity contribution is -0.167. The summed E-state index contributed by atoms with van der Waals surface area (Å²) in [6, 6.07) is 0. The lowest BCUT2D eigenvalue weighted by Crippen LogP contribution is -2.30. The fraction of sp³-hybridized carbons (Fsp3) is 0.809. The Kier molecular flexibility index (Phi) is 60.2. The molecule has 0 heterocycles. The van der Waals surface area contributed by atoms with Crippen LogP contribution in [0, 0.1) is 0 Å². The van der Waals surface area contributed by atoms with Crippen LogP contribution in [0.25, 0.3) is 0 Å². The van der Waals surface area contributed by atoms with Gasteiger partial charge < -0.3 is 14.2 Å². The zero-order chi connectivity index (χ0) is 53.6. The molecule has 0 radical (unpaired) electrons. The number of unbranched alkanes of at least 4 members (excludes halogenated alkanes) is 38. The van der Waals surface area contributed by atoms with Crippen molar-refractivity contribution < 1.29 is 28.6 Å². The van der Waals surface area contributed by atoms with E-state index in [-0.39, 0.29) is 31.1 Å². The minimum atomic E-state index is -0.790. The molecule has 0 aliphatic carbocycles. The third-order valence-corrected chi connectivity index (χ3v) is 14.3. The number of ether oxygens (including phenoxy) is 3. The van der Waals surface area contributed by atoms with Gasteiger partial charge in [-0.05, 0) is 64.2 Å². The SMILES string of the molecule is CC/C=C\C/C=C\C/C=C\C/C=C\C/C=C\CCCCCC(=O)OC(COC(=O)CCCCCCCCCCCCCCCCCC)COC(=O)CCCCCCCCCCCCCCCCCCCCCCC. The smallest absolute Gasteiger partial charge is 0.306 e. The molecule has 0 aromatic carbocycles. The lowest BCUT2D eigenvalue weighted by Gasteiger charge is -2.18. The highest BCUT2D eigenvalue weighted by Crippen LogP contribution is 2.18. The number of carbonyl (C=O) groups excluding carboxylic acids is 3. The Bertz CT molecular complexity index is 1330. The highest BCUT2D eigenvalue weighted by Gasteiger charge is 2.19. The second-order valence-electron chi connectivity index (χ2n) is 21.7. The van der Waals surface area contributed by atoms with Crippen molar-refractivity contribution in [3.05, 3.63) is 60.8 Å². The molecule has 74 heavy (non-hydrogen) atoms. The number of hydrogen-bond donors (Lipinski definition) is 0.